The average molecular weight is 273 g/mol. The molecule has 2 aliphatic rings. The van der Waals surface area contributed by atoms with Gasteiger partial charge in [0.05, 0.1) is 12.0 Å². The number of esters is 1. The molecule has 0 radical (unpaired) electrons. The highest BCUT2D eigenvalue weighted by atomic mass is 16.5. The first kappa shape index (κ1) is 13.2. The molecule has 0 aliphatic heterocycles. The number of benzene rings is 1. The maximum atomic E-state index is 11.9. The van der Waals surface area contributed by atoms with Gasteiger partial charge in [0, 0.05) is 5.92 Å². The second kappa shape index (κ2) is 5.65. The van der Waals surface area contributed by atoms with Gasteiger partial charge in [-0.2, -0.15) is 0 Å². The molecule has 1 unspecified atom stereocenters. The van der Waals surface area contributed by atoms with E-state index in [2.05, 4.69) is 5.32 Å². The first-order chi connectivity index (χ1) is 9.74. The van der Waals surface area contributed by atoms with Crippen LogP contribution in [0.4, 0.5) is 0 Å². The second-order valence-corrected chi connectivity index (χ2v) is 5.65. The summed E-state index contributed by atoms with van der Waals surface area (Å²) in [5, 5.41) is 2.99. The molecule has 1 aromatic carbocycles. The molecular formula is C16H19NO3. The van der Waals surface area contributed by atoms with Crippen molar-refractivity contribution in [3.63, 3.8) is 0 Å². The summed E-state index contributed by atoms with van der Waals surface area (Å²) < 4.78 is 5.33. The van der Waals surface area contributed by atoms with Crippen LogP contribution in [0.25, 0.3) is 0 Å². The van der Waals surface area contributed by atoms with Gasteiger partial charge in [-0.05, 0) is 31.2 Å². The van der Waals surface area contributed by atoms with Crippen LogP contribution in [-0.2, 0) is 14.3 Å². The minimum absolute atomic E-state index is 0.0707. The van der Waals surface area contributed by atoms with E-state index in [4.69, 9.17) is 4.74 Å². The van der Waals surface area contributed by atoms with Gasteiger partial charge in [-0.25, -0.2) is 0 Å². The van der Waals surface area contributed by atoms with Crippen molar-refractivity contribution in [2.24, 2.45) is 11.8 Å². The summed E-state index contributed by atoms with van der Waals surface area (Å²) in [7, 11) is 0. The fourth-order valence-electron chi connectivity index (χ4n) is 2.14. The van der Waals surface area contributed by atoms with E-state index in [1.807, 2.05) is 30.3 Å². The molecule has 1 amide bonds. The van der Waals surface area contributed by atoms with Crippen molar-refractivity contribution in [1.29, 1.82) is 0 Å². The summed E-state index contributed by atoms with van der Waals surface area (Å²) in [6.45, 7) is 0.220. The largest absolute Gasteiger partial charge is 0.463 e. The van der Waals surface area contributed by atoms with E-state index in [1.54, 1.807) is 0 Å². The lowest BCUT2D eigenvalue weighted by Gasteiger charge is -2.19. The number of nitrogens with one attached hydrogen (secondary N) is 1. The van der Waals surface area contributed by atoms with Crippen molar-refractivity contribution in [1.82, 2.24) is 5.32 Å². The highest BCUT2D eigenvalue weighted by Gasteiger charge is 2.33. The van der Waals surface area contributed by atoms with Crippen LogP contribution in [0.2, 0.25) is 0 Å². The van der Waals surface area contributed by atoms with Crippen molar-refractivity contribution in [2.45, 2.75) is 31.7 Å². The Balaban J connectivity index is 1.62. The Morgan fingerprint density at radius 2 is 1.75 bits per heavy atom. The standard InChI is InChI=1S/C16H19NO3/c18-15(12-6-7-12)17-14(11-4-2-1-3-5-11)10-20-16(19)13-8-9-13/h1-5,12-14H,6-10H2,(H,17,18). The van der Waals surface area contributed by atoms with Crippen LogP contribution < -0.4 is 5.32 Å². The summed E-state index contributed by atoms with van der Waals surface area (Å²) in [5.74, 6) is 0.179. The molecule has 0 heterocycles. The third kappa shape index (κ3) is 3.38. The quantitative estimate of drug-likeness (QED) is 0.808. The second-order valence-electron chi connectivity index (χ2n) is 5.65. The summed E-state index contributed by atoms with van der Waals surface area (Å²) in [6.07, 6.45) is 3.80. The number of amides is 1. The maximum Gasteiger partial charge on any atom is 0.309 e. The predicted molar refractivity (Wildman–Crippen MR) is 73.7 cm³/mol. The summed E-state index contributed by atoms with van der Waals surface area (Å²) in [4.78, 5) is 23.6. The van der Waals surface area contributed by atoms with E-state index in [9.17, 15) is 9.59 Å². The Kier molecular flexibility index (Phi) is 3.72. The molecule has 20 heavy (non-hydrogen) atoms. The minimum atomic E-state index is -0.244. The lowest BCUT2D eigenvalue weighted by atomic mass is 10.1. The SMILES string of the molecule is O=C(NC(COC(=O)C1CC1)c1ccccc1)C1CC1. The predicted octanol–water partition coefficient (Wildman–Crippen LogP) is 2.21. The molecule has 2 fully saturated rings. The Hall–Kier alpha value is -1.84. The van der Waals surface area contributed by atoms with Gasteiger partial charge < -0.3 is 10.1 Å². The summed E-state index contributed by atoms with van der Waals surface area (Å²) >= 11 is 0. The number of carbonyl (C=O) groups excluding carboxylic acids is 2. The highest BCUT2D eigenvalue weighted by molar-refractivity contribution is 5.81. The molecule has 0 saturated heterocycles. The van der Waals surface area contributed by atoms with Crippen molar-refractivity contribution in [3.8, 4) is 0 Å². The number of carbonyl (C=O) groups is 2. The Labute approximate surface area is 118 Å². The van der Waals surface area contributed by atoms with Crippen molar-refractivity contribution >= 4 is 11.9 Å². The van der Waals surface area contributed by atoms with Crippen LogP contribution in [0.3, 0.4) is 0 Å². The van der Waals surface area contributed by atoms with E-state index in [-0.39, 0.29) is 36.4 Å². The minimum Gasteiger partial charge on any atom is -0.463 e. The van der Waals surface area contributed by atoms with Gasteiger partial charge in [0.15, 0.2) is 0 Å². The normalized spacial score (nSPS) is 19.2. The smallest absolute Gasteiger partial charge is 0.309 e. The van der Waals surface area contributed by atoms with Gasteiger partial charge in [-0.15, -0.1) is 0 Å². The molecule has 4 nitrogen and oxygen atoms in total. The molecule has 2 saturated carbocycles. The zero-order valence-corrected chi connectivity index (χ0v) is 11.4. The van der Waals surface area contributed by atoms with Crippen LogP contribution in [0, 0.1) is 11.8 Å². The van der Waals surface area contributed by atoms with Crippen LogP contribution in [0.5, 0.6) is 0 Å². The Bertz CT molecular complexity index is 492. The molecule has 3 rings (SSSR count). The highest BCUT2D eigenvalue weighted by Crippen LogP contribution is 2.31. The van der Waals surface area contributed by atoms with E-state index < -0.39 is 0 Å². The third-order valence-electron chi connectivity index (χ3n) is 3.77. The molecule has 1 aromatic rings. The van der Waals surface area contributed by atoms with E-state index in [0.717, 1.165) is 31.2 Å². The molecule has 1 atom stereocenters. The molecule has 2 aliphatic carbocycles. The third-order valence-corrected chi connectivity index (χ3v) is 3.77. The molecular weight excluding hydrogens is 254 g/mol. The van der Waals surface area contributed by atoms with E-state index in [1.165, 1.54) is 0 Å². The Morgan fingerprint density at radius 3 is 2.35 bits per heavy atom. The van der Waals surface area contributed by atoms with Gasteiger partial charge in [0.1, 0.15) is 6.61 Å². The van der Waals surface area contributed by atoms with E-state index in [0.29, 0.717) is 0 Å². The van der Waals surface area contributed by atoms with Gasteiger partial charge >= 0.3 is 5.97 Å². The molecule has 106 valence electrons. The van der Waals surface area contributed by atoms with Crippen LogP contribution >= 0.6 is 0 Å². The molecule has 0 spiro atoms. The van der Waals surface area contributed by atoms with Crippen molar-refractivity contribution < 1.29 is 14.3 Å². The fraction of sp³-hybridized carbons (Fsp3) is 0.500. The fourth-order valence-corrected chi connectivity index (χ4v) is 2.14. The summed E-state index contributed by atoms with van der Waals surface area (Å²) in [5.41, 5.74) is 0.977. The Morgan fingerprint density at radius 1 is 1.10 bits per heavy atom. The average Bonchev–Trinajstić information content (AvgIpc) is 3.34. The number of hydrogen-bond donors (Lipinski definition) is 1. The zero-order valence-electron chi connectivity index (χ0n) is 11.4. The van der Waals surface area contributed by atoms with Crippen molar-refractivity contribution in [2.75, 3.05) is 6.61 Å². The van der Waals surface area contributed by atoms with Crippen LogP contribution in [-0.4, -0.2) is 18.5 Å². The van der Waals surface area contributed by atoms with Gasteiger partial charge in [0.25, 0.3) is 0 Å². The summed E-state index contributed by atoms with van der Waals surface area (Å²) in [6, 6.07) is 9.43. The van der Waals surface area contributed by atoms with Crippen molar-refractivity contribution in [3.05, 3.63) is 35.9 Å². The molecule has 4 heteroatoms. The lowest BCUT2D eigenvalue weighted by Crippen LogP contribution is -2.33. The van der Waals surface area contributed by atoms with E-state index >= 15 is 0 Å². The molecule has 1 N–H and O–H groups in total. The van der Waals surface area contributed by atoms with Gasteiger partial charge in [0.2, 0.25) is 5.91 Å². The number of ether oxygens (including phenoxy) is 1. The first-order valence-electron chi connectivity index (χ1n) is 7.26. The zero-order chi connectivity index (χ0) is 13.9. The van der Waals surface area contributed by atoms with Gasteiger partial charge in [-0.3, -0.25) is 9.59 Å². The topological polar surface area (TPSA) is 55.4 Å². The molecule has 0 bridgehead atoms. The number of hydrogen-bond acceptors (Lipinski definition) is 3. The maximum absolute atomic E-state index is 11.9. The lowest BCUT2D eigenvalue weighted by molar-refractivity contribution is -0.146. The number of rotatable bonds is 6. The van der Waals surface area contributed by atoms with Gasteiger partial charge in [-0.1, -0.05) is 30.3 Å². The monoisotopic (exact) mass is 273 g/mol. The van der Waals surface area contributed by atoms with Crippen LogP contribution in [0.15, 0.2) is 30.3 Å². The van der Waals surface area contributed by atoms with Crippen LogP contribution in [0.1, 0.15) is 37.3 Å². The molecule has 0 aromatic heterocycles. The first-order valence-corrected chi connectivity index (χ1v) is 7.26.